The molecule has 0 saturated heterocycles. The van der Waals surface area contributed by atoms with Crippen molar-refractivity contribution in [3.05, 3.63) is 11.9 Å². The zero-order valence-electron chi connectivity index (χ0n) is 11.4. The van der Waals surface area contributed by atoms with Crippen molar-refractivity contribution in [1.82, 2.24) is 15.0 Å². The third-order valence-electron chi connectivity index (χ3n) is 2.07. The van der Waals surface area contributed by atoms with E-state index in [1.165, 1.54) is 0 Å². The van der Waals surface area contributed by atoms with Crippen molar-refractivity contribution in [3.63, 3.8) is 0 Å². The molecule has 0 spiro atoms. The summed E-state index contributed by atoms with van der Waals surface area (Å²) in [5.74, 6) is 0. The number of nitrogens with zero attached hydrogens (tertiary/aromatic N) is 3. The van der Waals surface area contributed by atoms with Crippen LogP contribution in [0.5, 0.6) is 0 Å². The molecule has 0 N–H and O–H groups in total. The molecular weight excluding hydrogens is 234 g/mol. The summed E-state index contributed by atoms with van der Waals surface area (Å²) in [6, 6.07) is 0. The maximum Gasteiger partial charge on any atom is 0.204 e. The quantitative estimate of drug-likeness (QED) is 0.555. The third-order valence-corrected chi connectivity index (χ3v) is 3.34. The van der Waals surface area contributed by atoms with Crippen LogP contribution in [0.15, 0.2) is 6.20 Å². The van der Waals surface area contributed by atoms with E-state index in [0.717, 1.165) is 11.9 Å². The van der Waals surface area contributed by atoms with Gasteiger partial charge in [-0.25, -0.2) is 0 Å². The van der Waals surface area contributed by atoms with Gasteiger partial charge in [0.2, 0.25) is 6.29 Å². The minimum absolute atomic E-state index is 0.389. The van der Waals surface area contributed by atoms with Crippen molar-refractivity contribution < 1.29 is 9.47 Å². The molecule has 0 amide bonds. The van der Waals surface area contributed by atoms with Crippen molar-refractivity contribution >= 4 is 8.07 Å². The Labute approximate surface area is 104 Å². The summed E-state index contributed by atoms with van der Waals surface area (Å²) in [6.07, 6.45) is 2.50. The van der Waals surface area contributed by atoms with Gasteiger partial charge in [0.25, 0.3) is 0 Å². The van der Waals surface area contributed by atoms with Gasteiger partial charge >= 0.3 is 0 Å². The van der Waals surface area contributed by atoms with Gasteiger partial charge in [-0.2, -0.15) is 0 Å². The van der Waals surface area contributed by atoms with Gasteiger partial charge in [-0.1, -0.05) is 24.9 Å². The maximum absolute atomic E-state index is 5.49. The molecule has 0 bridgehead atoms. The number of hydrogen-bond donors (Lipinski definition) is 0. The summed E-state index contributed by atoms with van der Waals surface area (Å²) in [5.41, 5.74) is 0.756. The SMILES string of the molecule is CCOC(OCC)c1cn(C[Si](C)(C)C)nn1. The molecular formula is C11H23N3O2Si. The van der Waals surface area contributed by atoms with Gasteiger partial charge in [0.1, 0.15) is 5.69 Å². The Kier molecular flexibility index (Phi) is 5.29. The summed E-state index contributed by atoms with van der Waals surface area (Å²) in [5, 5.41) is 8.25. The molecule has 1 rings (SSSR count). The molecule has 0 aliphatic rings. The van der Waals surface area contributed by atoms with Crippen LogP contribution in [0.1, 0.15) is 25.8 Å². The summed E-state index contributed by atoms with van der Waals surface area (Å²) in [6.45, 7) is 12.0. The average molecular weight is 257 g/mol. The number of rotatable bonds is 7. The minimum atomic E-state index is -1.18. The van der Waals surface area contributed by atoms with Crippen molar-refractivity contribution in [1.29, 1.82) is 0 Å². The van der Waals surface area contributed by atoms with Crippen LogP contribution in [0.2, 0.25) is 19.6 Å². The van der Waals surface area contributed by atoms with Crippen LogP contribution < -0.4 is 0 Å². The van der Waals surface area contributed by atoms with Crippen LogP contribution >= 0.6 is 0 Å². The van der Waals surface area contributed by atoms with Crippen molar-refractivity contribution in [2.75, 3.05) is 13.2 Å². The lowest BCUT2D eigenvalue weighted by molar-refractivity contribution is -0.142. The first-order chi connectivity index (χ1) is 7.96. The fraction of sp³-hybridized carbons (Fsp3) is 0.818. The second-order valence-electron chi connectivity index (χ2n) is 5.14. The van der Waals surface area contributed by atoms with Crippen LogP contribution in [-0.4, -0.2) is 36.3 Å². The van der Waals surface area contributed by atoms with E-state index >= 15 is 0 Å². The first kappa shape index (κ1) is 14.3. The van der Waals surface area contributed by atoms with E-state index in [4.69, 9.17) is 9.47 Å². The van der Waals surface area contributed by atoms with E-state index in [1.54, 1.807) is 0 Å². The molecule has 1 aromatic rings. The van der Waals surface area contributed by atoms with E-state index in [1.807, 2.05) is 24.7 Å². The van der Waals surface area contributed by atoms with Crippen molar-refractivity contribution in [2.24, 2.45) is 0 Å². The summed E-state index contributed by atoms with van der Waals surface area (Å²) in [7, 11) is -1.18. The Balaban J connectivity index is 2.70. The molecule has 0 aliphatic carbocycles. The molecule has 17 heavy (non-hydrogen) atoms. The molecule has 0 aromatic carbocycles. The zero-order valence-corrected chi connectivity index (χ0v) is 12.4. The van der Waals surface area contributed by atoms with Crippen molar-refractivity contribution in [2.45, 2.75) is 45.9 Å². The Bertz CT molecular complexity index is 330. The molecule has 0 atom stereocenters. The van der Waals surface area contributed by atoms with Gasteiger partial charge < -0.3 is 9.47 Å². The van der Waals surface area contributed by atoms with Crippen LogP contribution in [0.3, 0.4) is 0 Å². The zero-order chi connectivity index (χ0) is 12.9. The highest BCUT2D eigenvalue weighted by Gasteiger charge is 2.19. The van der Waals surface area contributed by atoms with E-state index in [9.17, 15) is 0 Å². The van der Waals surface area contributed by atoms with Gasteiger partial charge in [0.05, 0.1) is 14.3 Å². The molecule has 1 aromatic heterocycles. The van der Waals surface area contributed by atoms with Crippen LogP contribution in [-0.2, 0) is 15.6 Å². The highest BCUT2D eigenvalue weighted by molar-refractivity contribution is 6.74. The molecule has 0 radical (unpaired) electrons. The predicted octanol–water partition coefficient (Wildman–Crippen LogP) is 2.23. The predicted molar refractivity (Wildman–Crippen MR) is 69.4 cm³/mol. The van der Waals surface area contributed by atoms with Gasteiger partial charge in [-0.3, -0.25) is 4.68 Å². The average Bonchev–Trinajstić information content (AvgIpc) is 2.63. The van der Waals surface area contributed by atoms with Gasteiger partial charge in [-0.15, -0.1) is 5.10 Å². The minimum Gasteiger partial charge on any atom is -0.347 e. The van der Waals surface area contributed by atoms with Gasteiger partial charge in [-0.05, 0) is 13.8 Å². The summed E-state index contributed by atoms with van der Waals surface area (Å²) in [4.78, 5) is 0. The first-order valence-electron chi connectivity index (χ1n) is 6.09. The van der Waals surface area contributed by atoms with E-state index in [0.29, 0.717) is 13.2 Å². The smallest absolute Gasteiger partial charge is 0.204 e. The molecule has 98 valence electrons. The fourth-order valence-corrected chi connectivity index (χ4v) is 2.63. The normalized spacial score (nSPS) is 12.4. The molecule has 6 heteroatoms. The van der Waals surface area contributed by atoms with Crippen molar-refractivity contribution in [3.8, 4) is 0 Å². The second-order valence-corrected chi connectivity index (χ2v) is 10.6. The Morgan fingerprint density at radius 3 is 2.29 bits per heavy atom. The summed E-state index contributed by atoms with van der Waals surface area (Å²) >= 11 is 0. The lowest BCUT2D eigenvalue weighted by atomic mass is 10.4. The topological polar surface area (TPSA) is 49.2 Å². The Morgan fingerprint density at radius 1 is 1.24 bits per heavy atom. The van der Waals surface area contributed by atoms with Gasteiger partial charge in [0, 0.05) is 19.4 Å². The second kappa shape index (κ2) is 6.27. The molecule has 0 saturated carbocycles. The van der Waals surface area contributed by atoms with E-state index in [-0.39, 0.29) is 6.29 Å². The Morgan fingerprint density at radius 2 is 1.82 bits per heavy atom. The van der Waals surface area contributed by atoms with Crippen LogP contribution in [0.4, 0.5) is 0 Å². The molecule has 0 unspecified atom stereocenters. The van der Waals surface area contributed by atoms with Gasteiger partial charge in [0.15, 0.2) is 0 Å². The van der Waals surface area contributed by atoms with E-state index < -0.39 is 8.07 Å². The molecule has 0 aliphatic heterocycles. The number of hydrogen-bond acceptors (Lipinski definition) is 4. The molecule has 0 fully saturated rings. The van der Waals surface area contributed by atoms with Crippen LogP contribution in [0.25, 0.3) is 0 Å². The maximum atomic E-state index is 5.49. The number of aromatic nitrogens is 3. The summed E-state index contributed by atoms with van der Waals surface area (Å²) < 4.78 is 12.9. The monoisotopic (exact) mass is 257 g/mol. The third kappa shape index (κ3) is 4.97. The molecule has 5 nitrogen and oxygen atoms in total. The number of ether oxygens (including phenoxy) is 2. The first-order valence-corrected chi connectivity index (χ1v) is 9.80. The highest BCUT2D eigenvalue weighted by Crippen LogP contribution is 2.16. The van der Waals surface area contributed by atoms with E-state index in [2.05, 4.69) is 30.0 Å². The largest absolute Gasteiger partial charge is 0.347 e. The Hall–Kier alpha value is -0.723. The standard InChI is InChI=1S/C11H23N3O2Si/c1-6-15-11(16-7-2)10-8-14(13-12-10)9-17(3,4)5/h8,11H,6-7,9H2,1-5H3. The lowest BCUT2D eigenvalue weighted by Crippen LogP contribution is -2.28. The molecule has 1 heterocycles. The highest BCUT2D eigenvalue weighted by atomic mass is 28.3. The fourth-order valence-electron chi connectivity index (χ4n) is 1.51. The van der Waals surface area contributed by atoms with Crippen LogP contribution in [0, 0.1) is 0 Å². The lowest BCUT2D eigenvalue weighted by Gasteiger charge is -2.15.